The Morgan fingerprint density at radius 2 is 2.21 bits per heavy atom. The summed E-state index contributed by atoms with van der Waals surface area (Å²) in [7, 11) is 0. The third-order valence-electron chi connectivity index (χ3n) is 3.94. The summed E-state index contributed by atoms with van der Waals surface area (Å²) in [4.78, 5) is 14.5. The lowest BCUT2D eigenvalue weighted by molar-refractivity contribution is 0.0786. The quantitative estimate of drug-likeness (QED) is 0.892. The number of aryl methyl sites for hydroxylation is 2. The molecule has 0 aromatic carbocycles. The molecule has 5 nitrogen and oxygen atoms in total. The molecule has 0 saturated carbocycles. The molecule has 19 heavy (non-hydrogen) atoms. The lowest BCUT2D eigenvalue weighted by Crippen LogP contribution is -2.30. The van der Waals surface area contributed by atoms with E-state index in [1.165, 1.54) is 0 Å². The first-order valence-corrected chi connectivity index (χ1v) is 7.11. The van der Waals surface area contributed by atoms with Crippen molar-refractivity contribution in [1.29, 1.82) is 0 Å². The van der Waals surface area contributed by atoms with Crippen molar-refractivity contribution in [3.8, 4) is 0 Å². The van der Waals surface area contributed by atoms with Crippen LogP contribution in [0.2, 0.25) is 0 Å². The molecule has 2 heterocycles. The highest BCUT2D eigenvalue weighted by Crippen LogP contribution is 2.21. The number of rotatable bonds is 4. The Hall–Kier alpha value is -1.36. The second-order valence-electron chi connectivity index (χ2n) is 5.41. The van der Waals surface area contributed by atoms with Crippen LogP contribution in [-0.4, -0.2) is 40.2 Å². The number of aromatic nitrogens is 2. The van der Waals surface area contributed by atoms with Crippen molar-refractivity contribution in [2.45, 2.75) is 40.2 Å². The number of carbonyl (C=O) groups excluding carboxylic acids is 1. The zero-order chi connectivity index (χ0) is 14.0. The van der Waals surface area contributed by atoms with Gasteiger partial charge in [-0.2, -0.15) is 5.10 Å². The summed E-state index contributed by atoms with van der Waals surface area (Å²) in [6.07, 6.45) is 2.04. The molecule has 1 unspecified atom stereocenters. The summed E-state index contributed by atoms with van der Waals surface area (Å²) in [5.41, 5.74) is 8.29. The Labute approximate surface area is 114 Å². The van der Waals surface area contributed by atoms with Gasteiger partial charge in [0, 0.05) is 25.3 Å². The van der Waals surface area contributed by atoms with E-state index in [0.29, 0.717) is 12.5 Å². The number of hydrogen-bond acceptors (Lipinski definition) is 3. The minimum absolute atomic E-state index is 0.119. The van der Waals surface area contributed by atoms with E-state index in [1.807, 2.05) is 23.4 Å². The molecule has 0 bridgehead atoms. The lowest BCUT2D eigenvalue weighted by atomic mass is 10.1. The van der Waals surface area contributed by atoms with E-state index in [-0.39, 0.29) is 5.91 Å². The summed E-state index contributed by atoms with van der Waals surface area (Å²) in [5.74, 6) is 0.573. The fourth-order valence-electron chi connectivity index (χ4n) is 2.80. The maximum absolute atomic E-state index is 12.6. The van der Waals surface area contributed by atoms with Crippen molar-refractivity contribution in [2.75, 3.05) is 19.6 Å². The molecule has 0 spiro atoms. The second-order valence-corrected chi connectivity index (χ2v) is 5.41. The highest BCUT2D eigenvalue weighted by molar-refractivity contribution is 5.96. The van der Waals surface area contributed by atoms with Crippen molar-refractivity contribution in [3.05, 3.63) is 17.0 Å². The van der Waals surface area contributed by atoms with Gasteiger partial charge in [0.15, 0.2) is 0 Å². The van der Waals surface area contributed by atoms with Crippen molar-refractivity contribution >= 4 is 5.91 Å². The molecule has 1 aliphatic heterocycles. The smallest absolute Gasteiger partial charge is 0.257 e. The molecule has 1 amide bonds. The van der Waals surface area contributed by atoms with Crippen LogP contribution >= 0.6 is 0 Å². The summed E-state index contributed by atoms with van der Waals surface area (Å²) < 4.78 is 1.94. The Morgan fingerprint density at radius 3 is 2.79 bits per heavy atom. The molecule has 1 aliphatic rings. The Bertz CT molecular complexity index is 466. The van der Waals surface area contributed by atoms with Crippen molar-refractivity contribution in [2.24, 2.45) is 11.7 Å². The molecule has 106 valence electrons. The van der Waals surface area contributed by atoms with Gasteiger partial charge in [-0.05, 0) is 39.2 Å². The predicted molar refractivity (Wildman–Crippen MR) is 75.1 cm³/mol. The van der Waals surface area contributed by atoms with Gasteiger partial charge < -0.3 is 10.6 Å². The number of carbonyl (C=O) groups is 1. The zero-order valence-electron chi connectivity index (χ0n) is 12.1. The van der Waals surface area contributed by atoms with Crippen LogP contribution < -0.4 is 5.73 Å². The van der Waals surface area contributed by atoms with E-state index in [0.717, 1.165) is 49.4 Å². The average Bonchev–Trinajstić information content (AvgIpc) is 2.96. The zero-order valence-corrected chi connectivity index (χ0v) is 12.1. The fourth-order valence-corrected chi connectivity index (χ4v) is 2.80. The van der Waals surface area contributed by atoms with Crippen LogP contribution in [0.5, 0.6) is 0 Å². The van der Waals surface area contributed by atoms with Gasteiger partial charge >= 0.3 is 0 Å². The average molecular weight is 264 g/mol. The van der Waals surface area contributed by atoms with Gasteiger partial charge in [-0.3, -0.25) is 9.48 Å². The van der Waals surface area contributed by atoms with E-state index in [4.69, 9.17) is 5.73 Å². The topological polar surface area (TPSA) is 64.2 Å². The molecule has 1 atom stereocenters. The molecule has 1 aromatic rings. The summed E-state index contributed by atoms with van der Waals surface area (Å²) in [5, 5.41) is 4.48. The third kappa shape index (κ3) is 2.66. The standard InChI is InChI=1S/C14H24N4O/c1-4-6-18-11(3)13(10(2)16-18)14(19)17-7-5-12(8-15)9-17/h12H,4-9,15H2,1-3H3. The van der Waals surface area contributed by atoms with Crippen LogP contribution in [-0.2, 0) is 6.54 Å². The number of nitrogens with two attached hydrogens (primary N) is 1. The molecular weight excluding hydrogens is 240 g/mol. The first kappa shape index (κ1) is 14.1. The minimum atomic E-state index is 0.119. The number of nitrogens with zero attached hydrogens (tertiary/aromatic N) is 3. The SMILES string of the molecule is CCCn1nc(C)c(C(=O)N2CCC(CN)C2)c1C. The van der Waals surface area contributed by atoms with Crippen LogP contribution in [0.1, 0.15) is 41.5 Å². The van der Waals surface area contributed by atoms with Crippen molar-refractivity contribution in [3.63, 3.8) is 0 Å². The summed E-state index contributed by atoms with van der Waals surface area (Å²) in [6, 6.07) is 0. The van der Waals surface area contributed by atoms with Crippen molar-refractivity contribution < 1.29 is 4.79 Å². The molecule has 0 aliphatic carbocycles. The maximum Gasteiger partial charge on any atom is 0.257 e. The van der Waals surface area contributed by atoms with Gasteiger partial charge in [-0.15, -0.1) is 0 Å². The van der Waals surface area contributed by atoms with Gasteiger partial charge in [0.2, 0.25) is 0 Å². The molecule has 1 aromatic heterocycles. The van der Waals surface area contributed by atoms with E-state index >= 15 is 0 Å². The highest BCUT2D eigenvalue weighted by atomic mass is 16.2. The first-order chi connectivity index (χ1) is 9.08. The van der Waals surface area contributed by atoms with Crippen LogP contribution in [0, 0.1) is 19.8 Å². The molecule has 0 radical (unpaired) electrons. The Kier molecular flexibility index (Phi) is 4.24. The Morgan fingerprint density at radius 1 is 1.47 bits per heavy atom. The van der Waals surface area contributed by atoms with E-state index in [2.05, 4.69) is 12.0 Å². The van der Waals surface area contributed by atoms with Crippen LogP contribution in [0.25, 0.3) is 0 Å². The Balaban J connectivity index is 2.20. The third-order valence-corrected chi connectivity index (χ3v) is 3.94. The van der Waals surface area contributed by atoms with Gasteiger partial charge in [-0.1, -0.05) is 6.92 Å². The van der Waals surface area contributed by atoms with Gasteiger partial charge in [0.1, 0.15) is 0 Å². The van der Waals surface area contributed by atoms with Crippen molar-refractivity contribution in [1.82, 2.24) is 14.7 Å². The molecule has 5 heteroatoms. The summed E-state index contributed by atoms with van der Waals surface area (Å²) >= 11 is 0. The number of likely N-dealkylation sites (tertiary alicyclic amines) is 1. The first-order valence-electron chi connectivity index (χ1n) is 7.11. The molecule has 1 fully saturated rings. The van der Waals surface area contributed by atoms with Crippen LogP contribution in [0.3, 0.4) is 0 Å². The van der Waals surface area contributed by atoms with Crippen LogP contribution in [0.15, 0.2) is 0 Å². The highest BCUT2D eigenvalue weighted by Gasteiger charge is 2.29. The second kappa shape index (κ2) is 5.74. The monoisotopic (exact) mass is 264 g/mol. The lowest BCUT2D eigenvalue weighted by Gasteiger charge is -2.16. The maximum atomic E-state index is 12.6. The minimum Gasteiger partial charge on any atom is -0.338 e. The van der Waals surface area contributed by atoms with E-state index < -0.39 is 0 Å². The van der Waals surface area contributed by atoms with E-state index in [9.17, 15) is 4.79 Å². The number of amides is 1. The summed E-state index contributed by atoms with van der Waals surface area (Å²) in [6.45, 7) is 9.15. The number of hydrogen-bond donors (Lipinski definition) is 1. The van der Waals surface area contributed by atoms with Gasteiger partial charge in [0.05, 0.1) is 11.3 Å². The molecular formula is C14H24N4O. The van der Waals surface area contributed by atoms with Gasteiger partial charge in [0.25, 0.3) is 5.91 Å². The van der Waals surface area contributed by atoms with Crippen LogP contribution in [0.4, 0.5) is 0 Å². The molecule has 2 rings (SSSR count). The largest absolute Gasteiger partial charge is 0.338 e. The normalized spacial score (nSPS) is 19.2. The van der Waals surface area contributed by atoms with E-state index in [1.54, 1.807) is 0 Å². The van der Waals surface area contributed by atoms with Gasteiger partial charge in [-0.25, -0.2) is 0 Å². The molecule has 1 saturated heterocycles. The fraction of sp³-hybridized carbons (Fsp3) is 0.714. The molecule has 2 N–H and O–H groups in total. The predicted octanol–water partition coefficient (Wildman–Crippen LogP) is 1.33.